The quantitative estimate of drug-likeness (QED) is 0.364. The van der Waals surface area contributed by atoms with Gasteiger partial charge in [-0.15, -0.1) is 0 Å². The fourth-order valence-corrected chi connectivity index (χ4v) is 4.15. The molecule has 0 aliphatic carbocycles. The molecule has 0 spiro atoms. The van der Waals surface area contributed by atoms with E-state index in [1.807, 2.05) is 0 Å². The number of thioether (sulfide) groups is 1. The summed E-state index contributed by atoms with van der Waals surface area (Å²) in [6.07, 6.45) is 0.478. The lowest BCUT2D eigenvalue weighted by Gasteiger charge is -2.18. The molecule has 2 amide bonds. The number of carbonyl (C=O) groups excluding carboxylic acids is 2. The van der Waals surface area contributed by atoms with E-state index in [4.69, 9.17) is 9.84 Å². The molecule has 7 nitrogen and oxygen atoms in total. The smallest absolute Gasteiger partial charge is 0.345 e. The van der Waals surface area contributed by atoms with Crippen LogP contribution < -0.4 is 10.6 Å². The van der Waals surface area contributed by atoms with Gasteiger partial charge < -0.3 is 20.5 Å². The Morgan fingerprint density at radius 3 is 2.86 bits per heavy atom. The van der Waals surface area contributed by atoms with E-state index in [2.05, 4.69) is 17.2 Å². The van der Waals surface area contributed by atoms with Crippen LogP contribution in [0.1, 0.15) is 26.2 Å². The molecule has 4 atom stereocenters. The molecule has 2 fully saturated rings. The highest BCUT2D eigenvalue weighted by Gasteiger charge is 2.42. The Bertz CT molecular complexity index is 496. The highest BCUT2D eigenvalue weighted by molar-refractivity contribution is 8.00. The van der Waals surface area contributed by atoms with Crippen molar-refractivity contribution in [3.05, 3.63) is 12.2 Å². The Morgan fingerprint density at radius 1 is 1.50 bits per heavy atom. The summed E-state index contributed by atoms with van der Waals surface area (Å²) < 4.78 is 4.91. The predicted octanol–water partition coefficient (Wildman–Crippen LogP) is 0.895. The van der Waals surface area contributed by atoms with Crippen LogP contribution in [0.4, 0.5) is 4.79 Å². The number of urea groups is 1. The van der Waals surface area contributed by atoms with Crippen LogP contribution in [0.15, 0.2) is 12.2 Å². The van der Waals surface area contributed by atoms with Crippen LogP contribution in [0.5, 0.6) is 0 Å². The van der Waals surface area contributed by atoms with Crippen molar-refractivity contribution in [3.8, 4) is 0 Å². The number of aliphatic carboxylic acids is 1. The van der Waals surface area contributed by atoms with Crippen LogP contribution in [-0.4, -0.2) is 52.3 Å². The van der Waals surface area contributed by atoms with Crippen molar-refractivity contribution in [3.63, 3.8) is 0 Å². The Labute approximate surface area is 132 Å². The van der Waals surface area contributed by atoms with Gasteiger partial charge in [-0.25, -0.2) is 14.4 Å². The van der Waals surface area contributed by atoms with E-state index in [-0.39, 0.29) is 35.4 Å². The molecular weight excluding hydrogens is 308 g/mol. The number of carboxylic acids is 1. The van der Waals surface area contributed by atoms with Crippen LogP contribution in [0.3, 0.4) is 0 Å². The minimum absolute atomic E-state index is 0.0961. The van der Waals surface area contributed by atoms with Crippen molar-refractivity contribution in [2.24, 2.45) is 0 Å². The van der Waals surface area contributed by atoms with Gasteiger partial charge in [-0.1, -0.05) is 6.58 Å². The van der Waals surface area contributed by atoms with Gasteiger partial charge in [0.15, 0.2) is 6.10 Å². The molecule has 0 aromatic heterocycles. The topological polar surface area (TPSA) is 105 Å². The normalized spacial score (nSPS) is 27.5. The summed E-state index contributed by atoms with van der Waals surface area (Å²) in [4.78, 5) is 33.8. The maximum Gasteiger partial charge on any atom is 0.345 e. The minimum atomic E-state index is -1.15. The van der Waals surface area contributed by atoms with E-state index in [0.29, 0.717) is 6.42 Å². The van der Waals surface area contributed by atoms with Crippen molar-refractivity contribution in [2.75, 3.05) is 5.75 Å². The number of carbonyl (C=O) groups is 3. The van der Waals surface area contributed by atoms with Gasteiger partial charge in [-0.05, 0) is 26.2 Å². The van der Waals surface area contributed by atoms with Gasteiger partial charge in [0.2, 0.25) is 0 Å². The van der Waals surface area contributed by atoms with Crippen molar-refractivity contribution in [2.45, 2.75) is 49.6 Å². The lowest BCUT2D eigenvalue weighted by Crippen LogP contribution is -2.37. The summed E-state index contributed by atoms with van der Waals surface area (Å²) in [5.74, 6) is -0.974. The number of hydrogen-bond acceptors (Lipinski definition) is 5. The molecule has 2 rings (SSSR count). The van der Waals surface area contributed by atoms with Gasteiger partial charge in [0, 0.05) is 16.6 Å². The Hall–Kier alpha value is -1.70. The van der Waals surface area contributed by atoms with Crippen molar-refractivity contribution >= 4 is 29.7 Å². The van der Waals surface area contributed by atoms with Crippen molar-refractivity contribution < 1.29 is 24.2 Å². The van der Waals surface area contributed by atoms with Crippen LogP contribution >= 0.6 is 11.8 Å². The minimum Gasteiger partial charge on any atom is -0.479 e. The third kappa shape index (κ3) is 3.94. The van der Waals surface area contributed by atoms with E-state index in [0.717, 1.165) is 12.2 Å². The Balaban J connectivity index is 1.78. The SMILES string of the molecule is C=C(C)C(=O)OC(CCC[C@@H]1SC[C@@H]2NC(=O)N[C@@H]21)C(=O)O. The standard InChI is InChI=1S/C14H20N2O5S/c1-7(2)13(19)21-9(12(17)18)4-3-5-10-11-8(6-22-10)15-14(20)16-11/h8-11H,1,3-6H2,2H3,(H,17,18)(H2,15,16,20)/t8-,9?,10-,11-/m0/s1. The lowest BCUT2D eigenvalue weighted by atomic mass is 10.0. The molecule has 0 radical (unpaired) electrons. The average Bonchev–Trinajstić information content (AvgIpc) is 2.97. The van der Waals surface area contributed by atoms with Gasteiger partial charge in [0.05, 0.1) is 12.1 Å². The molecular formula is C14H20N2O5S. The summed E-state index contributed by atoms with van der Waals surface area (Å²) in [6.45, 7) is 4.91. The van der Waals surface area contributed by atoms with Crippen LogP contribution in [0.25, 0.3) is 0 Å². The number of fused-ring (bicyclic) bond motifs is 1. The molecule has 2 saturated heterocycles. The number of nitrogens with one attached hydrogen (secondary N) is 2. The van der Waals surface area contributed by atoms with E-state index in [9.17, 15) is 14.4 Å². The molecule has 2 aliphatic heterocycles. The van der Waals surface area contributed by atoms with Crippen molar-refractivity contribution in [1.29, 1.82) is 0 Å². The lowest BCUT2D eigenvalue weighted by molar-refractivity contribution is -0.161. The maximum atomic E-state index is 11.4. The molecule has 2 heterocycles. The molecule has 3 N–H and O–H groups in total. The highest BCUT2D eigenvalue weighted by Crippen LogP contribution is 2.33. The molecule has 22 heavy (non-hydrogen) atoms. The maximum absolute atomic E-state index is 11.4. The highest BCUT2D eigenvalue weighted by atomic mass is 32.2. The fourth-order valence-electron chi connectivity index (χ4n) is 2.61. The summed E-state index contributed by atoms with van der Waals surface area (Å²) in [5.41, 5.74) is 0.181. The molecule has 8 heteroatoms. The molecule has 0 aromatic carbocycles. The molecule has 0 saturated carbocycles. The summed E-state index contributed by atoms with van der Waals surface area (Å²) >= 11 is 1.77. The summed E-state index contributed by atoms with van der Waals surface area (Å²) in [5, 5.41) is 15.1. The van der Waals surface area contributed by atoms with E-state index >= 15 is 0 Å². The monoisotopic (exact) mass is 328 g/mol. The number of rotatable bonds is 7. The molecule has 0 aromatic rings. The van der Waals surface area contributed by atoms with Gasteiger partial charge >= 0.3 is 18.0 Å². The van der Waals surface area contributed by atoms with Crippen LogP contribution in [0.2, 0.25) is 0 Å². The zero-order valence-electron chi connectivity index (χ0n) is 12.3. The van der Waals surface area contributed by atoms with Gasteiger partial charge in [-0.2, -0.15) is 11.8 Å². The second-order valence-corrected chi connectivity index (χ2v) is 6.84. The first-order valence-corrected chi connectivity index (χ1v) is 8.21. The predicted molar refractivity (Wildman–Crippen MR) is 81.7 cm³/mol. The Morgan fingerprint density at radius 2 is 2.23 bits per heavy atom. The third-order valence-corrected chi connectivity index (χ3v) is 5.27. The van der Waals surface area contributed by atoms with Gasteiger partial charge in [0.1, 0.15) is 0 Å². The first kappa shape index (κ1) is 16.7. The van der Waals surface area contributed by atoms with Crippen LogP contribution in [-0.2, 0) is 14.3 Å². The number of esters is 1. The van der Waals surface area contributed by atoms with E-state index in [1.165, 1.54) is 6.92 Å². The number of hydrogen-bond donors (Lipinski definition) is 3. The second-order valence-electron chi connectivity index (χ2n) is 5.57. The molecule has 0 bridgehead atoms. The summed E-state index contributed by atoms with van der Waals surface area (Å²) in [7, 11) is 0. The Kier molecular flexibility index (Phi) is 5.33. The largest absolute Gasteiger partial charge is 0.479 e. The van der Waals surface area contributed by atoms with Gasteiger partial charge in [0.25, 0.3) is 0 Å². The first-order chi connectivity index (χ1) is 10.4. The molecule has 2 aliphatic rings. The number of carboxylic acid groups (broad SMARTS) is 1. The van der Waals surface area contributed by atoms with E-state index in [1.54, 1.807) is 11.8 Å². The average molecular weight is 328 g/mol. The number of ether oxygens (including phenoxy) is 1. The molecule has 1 unspecified atom stereocenters. The zero-order valence-corrected chi connectivity index (χ0v) is 13.1. The zero-order chi connectivity index (χ0) is 16.3. The molecule has 122 valence electrons. The van der Waals surface area contributed by atoms with Gasteiger partial charge in [-0.3, -0.25) is 0 Å². The van der Waals surface area contributed by atoms with Crippen LogP contribution in [0, 0.1) is 0 Å². The van der Waals surface area contributed by atoms with E-state index < -0.39 is 18.0 Å². The fraction of sp³-hybridized carbons (Fsp3) is 0.643. The first-order valence-electron chi connectivity index (χ1n) is 7.16. The summed E-state index contributed by atoms with van der Waals surface area (Å²) in [6, 6.07) is 0.108. The second kappa shape index (κ2) is 7.04. The number of amides is 2. The third-order valence-electron chi connectivity index (χ3n) is 3.77. The van der Waals surface area contributed by atoms with Crippen molar-refractivity contribution in [1.82, 2.24) is 10.6 Å².